The monoisotopic (exact) mass is 299 g/mol. The molecule has 3 rings (SSSR count). The Bertz CT molecular complexity index is 671. The highest BCUT2D eigenvalue weighted by molar-refractivity contribution is 5.97. The zero-order valence-corrected chi connectivity index (χ0v) is 13.3. The summed E-state index contributed by atoms with van der Waals surface area (Å²) in [6.45, 7) is 8.73. The Morgan fingerprint density at radius 1 is 1.09 bits per heavy atom. The van der Waals surface area contributed by atoms with Crippen LogP contribution in [0.5, 0.6) is 0 Å². The Hall–Kier alpha value is -2.30. The van der Waals surface area contributed by atoms with Crippen LogP contribution in [-0.4, -0.2) is 42.0 Å². The van der Waals surface area contributed by atoms with Gasteiger partial charge < -0.3 is 14.2 Å². The predicted molar refractivity (Wildman–Crippen MR) is 85.3 cm³/mol. The highest BCUT2D eigenvalue weighted by Crippen LogP contribution is 2.23. The summed E-state index contributed by atoms with van der Waals surface area (Å²) >= 11 is 0. The molecule has 5 nitrogen and oxygen atoms in total. The number of aryl methyl sites for hydroxylation is 2. The van der Waals surface area contributed by atoms with E-state index in [-0.39, 0.29) is 5.91 Å². The summed E-state index contributed by atoms with van der Waals surface area (Å²) in [5.41, 5.74) is 1.68. The minimum atomic E-state index is 0.0764. The lowest BCUT2D eigenvalue weighted by Crippen LogP contribution is -2.49. The van der Waals surface area contributed by atoms with Gasteiger partial charge in [0.05, 0.1) is 5.56 Å². The Kier molecular flexibility index (Phi) is 3.88. The Balaban J connectivity index is 1.70. The van der Waals surface area contributed by atoms with E-state index in [0.717, 1.165) is 35.8 Å². The summed E-state index contributed by atoms with van der Waals surface area (Å²) in [5.74, 6) is 2.59. The zero-order valence-electron chi connectivity index (χ0n) is 13.3. The first-order valence-corrected chi connectivity index (χ1v) is 7.59. The Labute approximate surface area is 130 Å². The summed E-state index contributed by atoms with van der Waals surface area (Å²) in [6, 6.07) is 5.90. The Morgan fingerprint density at radius 2 is 1.82 bits per heavy atom. The fourth-order valence-electron chi connectivity index (χ4n) is 2.95. The largest absolute Gasteiger partial charge is 0.466 e. The van der Waals surface area contributed by atoms with E-state index < -0.39 is 0 Å². The first kappa shape index (κ1) is 14.6. The molecule has 1 aliphatic heterocycles. The summed E-state index contributed by atoms with van der Waals surface area (Å²) in [7, 11) is 0. The second kappa shape index (κ2) is 5.83. The molecular weight excluding hydrogens is 278 g/mol. The van der Waals surface area contributed by atoms with Gasteiger partial charge in [-0.25, -0.2) is 4.98 Å². The number of hydrogen-bond acceptors (Lipinski definition) is 4. The Morgan fingerprint density at radius 3 is 2.36 bits per heavy atom. The SMILES string of the molecule is Cc1oc(C)c(C(=O)N2CCN(c3ccccn3)CC2)c1C. The highest BCUT2D eigenvalue weighted by Gasteiger charge is 2.27. The first-order chi connectivity index (χ1) is 10.6. The first-order valence-electron chi connectivity index (χ1n) is 7.59. The van der Waals surface area contributed by atoms with Gasteiger partial charge in [-0.2, -0.15) is 0 Å². The molecule has 1 fully saturated rings. The molecule has 2 aromatic heterocycles. The van der Waals surface area contributed by atoms with Gasteiger partial charge in [0.1, 0.15) is 17.3 Å². The van der Waals surface area contributed by atoms with Gasteiger partial charge >= 0.3 is 0 Å². The molecule has 1 amide bonds. The van der Waals surface area contributed by atoms with E-state index in [2.05, 4.69) is 9.88 Å². The van der Waals surface area contributed by atoms with Crippen molar-refractivity contribution in [3.8, 4) is 0 Å². The van der Waals surface area contributed by atoms with Crippen LogP contribution in [0.4, 0.5) is 5.82 Å². The van der Waals surface area contributed by atoms with Crippen LogP contribution in [0, 0.1) is 20.8 Å². The molecule has 0 atom stereocenters. The topological polar surface area (TPSA) is 49.6 Å². The lowest BCUT2D eigenvalue weighted by molar-refractivity contribution is 0.0744. The van der Waals surface area contributed by atoms with Gasteiger partial charge in [0.25, 0.3) is 5.91 Å². The average molecular weight is 299 g/mol. The number of piperazine rings is 1. The van der Waals surface area contributed by atoms with Crippen LogP contribution in [0.1, 0.15) is 27.4 Å². The van der Waals surface area contributed by atoms with Crippen LogP contribution >= 0.6 is 0 Å². The zero-order chi connectivity index (χ0) is 15.7. The number of anilines is 1. The van der Waals surface area contributed by atoms with Crippen LogP contribution in [0.15, 0.2) is 28.8 Å². The molecule has 0 spiro atoms. The van der Waals surface area contributed by atoms with Gasteiger partial charge in [0.2, 0.25) is 0 Å². The second-order valence-electron chi connectivity index (χ2n) is 5.68. The fourth-order valence-corrected chi connectivity index (χ4v) is 2.95. The van der Waals surface area contributed by atoms with Gasteiger partial charge in [-0.15, -0.1) is 0 Å². The van der Waals surface area contributed by atoms with E-state index in [4.69, 9.17) is 4.42 Å². The van der Waals surface area contributed by atoms with Gasteiger partial charge in [0.15, 0.2) is 0 Å². The number of hydrogen-bond donors (Lipinski definition) is 0. The molecular formula is C17H21N3O2. The molecule has 1 aliphatic rings. The highest BCUT2D eigenvalue weighted by atomic mass is 16.3. The van der Waals surface area contributed by atoms with E-state index in [1.807, 2.05) is 43.9 Å². The molecule has 0 unspecified atom stereocenters. The number of nitrogens with zero attached hydrogens (tertiary/aromatic N) is 3. The van der Waals surface area contributed by atoms with Crippen LogP contribution in [0.2, 0.25) is 0 Å². The van der Waals surface area contributed by atoms with Crippen LogP contribution in [-0.2, 0) is 0 Å². The smallest absolute Gasteiger partial charge is 0.257 e. The summed E-state index contributed by atoms with van der Waals surface area (Å²) < 4.78 is 5.58. The average Bonchev–Trinajstić information content (AvgIpc) is 2.80. The molecule has 0 bridgehead atoms. The third kappa shape index (κ3) is 2.58. The number of carbonyl (C=O) groups is 1. The van der Waals surface area contributed by atoms with Gasteiger partial charge in [-0.1, -0.05) is 6.07 Å². The van der Waals surface area contributed by atoms with E-state index in [1.165, 1.54) is 0 Å². The van der Waals surface area contributed by atoms with Crippen molar-refractivity contribution in [1.29, 1.82) is 0 Å². The standard InChI is InChI=1S/C17H21N3O2/c1-12-13(2)22-14(3)16(12)17(21)20-10-8-19(9-11-20)15-6-4-5-7-18-15/h4-7H,8-11H2,1-3H3. The quantitative estimate of drug-likeness (QED) is 0.855. The van der Waals surface area contributed by atoms with Crippen molar-refractivity contribution in [3.63, 3.8) is 0 Å². The van der Waals surface area contributed by atoms with Crippen molar-refractivity contribution in [2.45, 2.75) is 20.8 Å². The molecule has 0 aromatic carbocycles. The molecule has 0 aliphatic carbocycles. The third-order valence-electron chi connectivity index (χ3n) is 4.32. The van der Waals surface area contributed by atoms with Crippen LogP contribution in [0.3, 0.4) is 0 Å². The van der Waals surface area contributed by atoms with E-state index in [9.17, 15) is 4.79 Å². The van der Waals surface area contributed by atoms with E-state index in [0.29, 0.717) is 18.8 Å². The molecule has 3 heterocycles. The van der Waals surface area contributed by atoms with Gasteiger partial charge in [-0.3, -0.25) is 4.79 Å². The second-order valence-corrected chi connectivity index (χ2v) is 5.68. The minimum Gasteiger partial charge on any atom is -0.466 e. The maximum absolute atomic E-state index is 12.7. The van der Waals surface area contributed by atoms with E-state index >= 15 is 0 Å². The van der Waals surface area contributed by atoms with Crippen molar-refractivity contribution in [1.82, 2.24) is 9.88 Å². The summed E-state index contributed by atoms with van der Waals surface area (Å²) in [5, 5.41) is 0. The molecule has 5 heteroatoms. The van der Waals surface area contributed by atoms with E-state index in [1.54, 1.807) is 6.20 Å². The third-order valence-corrected chi connectivity index (χ3v) is 4.32. The van der Waals surface area contributed by atoms with Crippen molar-refractivity contribution >= 4 is 11.7 Å². The lowest BCUT2D eigenvalue weighted by Gasteiger charge is -2.35. The molecule has 0 saturated carbocycles. The fraction of sp³-hybridized carbons (Fsp3) is 0.412. The van der Waals surface area contributed by atoms with Crippen LogP contribution in [0.25, 0.3) is 0 Å². The molecule has 22 heavy (non-hydrogen) atoms. The molecule has 0 N–H and O–H groups in total. The number of amides is 1. The maximum Gasteiger partial charge on any atom is 0.257 e. The minimum absolute atomic E-state index is 0.0764. The van der Waals surface area contributed by atoms with Crippen LogP contribution < -0.4 is 4.90 Å². The number of furan rings is 1. The number of pyridine rings is 1. The summed E-state index contributed by atoms with van der Waals surface area (Å²) in [4.78, 5) is 21.2. The number of rotatable bonds is 2. The normalized spacial score (nSPS) is 15.2. The summed E-state index contributed by atoms with van der Waals surface area (Å²) in [6.07, 6.45) is 1.80. The van der Waals surface area contributed by atoms with Gasteiger partial charge in [-0.05, 0) is 32.9 Å². The maximum atomic E-state index is 12.7. The number of carbonyl (C=O) groups excluding carboxylic acids is 1. The van der Waals surface area contributed by atoms with Crippen molar-refractivity contribution in [2.75, 3.05) is 31.1 Å². The molecule has 0 radical (unpaired) electrons. The predicted octanol–water partition coefficient (Wildman–Crippen LogP) is 2.56. The molecule has 2 aromatic rings. The van der Waals surface area contributed by atoms with Crippen molar-refractivity contribution in [3.05, 3.63) is 47.0 Å². The molecule has 116 valence electrons. The molecule has 1 saturated heterocycles. The van der Waals surface area contributed by atoms with Gasteiger partial charge in [0, 0.05) is 37.9 Å². The van der Waals surface area contributed by atoms with Crippen molar-refractivity contribution < 1.29 is 9.21 Å². The lowest BCUT2D eigenvalue weighted by atomic mass is 10.1. The number of aromatic nitrogens is 1. The van der Waals surface area contributed by atoms with Crippen molar-refractivity contribution in [2.24, 2.45) is 0 Å².